The van der Waals surface area contributed by atoms with Crippen LogP contribution in [0, 0.1) is 13.8 Å². The lowest BCUT2D eigenvalue weighted by Gasteiger charge is -2.45. The van der Waals surface area contributed by atoms with E-state index in [9.17, 15) is 5.11 Å². The van der Waals surface area contributed by atoms with Crippen LogP contribution < -0.4 is 0 Å². The topological polar surface area (TPSA) is 43.1 Å². The molecule has 2 fully saturated rings. The van der Waals surface area contributed by atoms with E-state index >= 15 is 0 Å². The van der Waals surface area contributed by atoms with Crippen molar-refractivity contribution >= 4 is 0 Å². The average molecular weight is 398 g/mol. The summed E-state index contributed by atoms with van der Waals surface area (Å²) >= 11 is 0. The van der Waals surface area contributed by atoms with Crippen molar-refractivity contribution in [3.63, 3.8) is 0 Å². The zero-order valence-electron chi connectivity index (χ0n) is 17.9. The molecule has 2 aliphatic heterocycles. The molecule has 5 nitrogen and oxygen atoms in total. The van der Waals surface area contributed by atoms with E-state index in [0.717, 1.165) is 76.7 Å². The second-order valence-electron chi connectivity index (χ2n) is 8.72. The quantitative estimate of drug-likeness (QED) is 0.812. The first-order valence-corrected chi connectivity index (χ1v) is 11.0. The minimum absolute atomic E-state index is 0.281. The van der Waals surface area contributed by atoms with Crippen molar-refractivity contribution in [2.24, 2.45) is 0 Å². The van der Waals surface area contributed by atoms with Gasteiger partial charge in [0.15, 0.2) is 0 Å². The molecule has 0 radical (unpaired) electrons. The highest BCUT2D eigenvalue weighted by Gasteiger charge is 2.33. The number of aryl methyl sites for hydroxylation is 2. The molecule has 2 atom stereocenters. The van der Waals surface area contributed by atoms with Crippen LogP contribution in [-0.4, -0.2) is 77.8 Å². The van der Waals surface area contributed by atoms with Gasteiger partial charge in [-0.2, -0.15) is 0 Å². The summed E-state index contributed by atoms with van der Waals surface area (Å²) in [6, 6.07) is 13.2. The predicted molar refractivity (Wildman–Crippen MR) is 116 cm³/mol. The smallest absolute Gasteiger partial charge is 0.118 e. The first-order valence-electron chi connectivity index (χ1n) is 11.0. The number of furan rings is 1. The summed E-state index contributed by atoms with van der Waals surface area (Å²) in [4.78, 5) is 7.41. The maximum atomic E-state index is 10.8. The number of aliphatic hydroxyl groups is 1. The molecule has 3 heterocycles. The van der Waals surface area contributed by atoms with Gasteiger partial charge in [-0.25, -0.2) is 0 Å². The van der Waals surface area contributed by atoms with Gasteiger partial charge in [0.2, 0.25) is 0 Å². The molecule has 1 aromatic carbocycles. The summed E-state index contributed by atoms with van der Waals surface area (Å²) in [6.07, 6.45) is 1.87. The van der Waals surface area contributed by atoms with Crippen molar-refractivity contribution in [3.05, 3.63) is 59.0 Å². The van der Waals surface area contributed by atoms with Crippen molar-refractivity contribution < 1.29 is 9.52 Å². The third kappa shape index (κ3) is 5.28. The maximum Gasteiger partial charge on any atom is 0.118 e. The second kappa shape index (κ2) is 9.43. The summed E-state index contributed by atoms with van der Waals surface area (Å²) in [6.45, 7) is 12.1. The highest BCUT2D eigenvalue weighted by atomic mass is 16.3. The molecule has 0 saturated carbocycles. The molecular weight excluding hydrogens is 362 g/mol. The third-order valence-electron chi connectivity index (χ3n) is 6.66. The van der Waals surface area contributed by atoms with E-state index in [1.54, 1.807) is 0 Å². The number of hydrogen-bond donors (Lipinski definition) is 1. The number of piperazine rings is 1. The molecule has 2 aliphatic rings. The van der Waals surface area contributed by atoms with Gasteiger partial charge >= 0.3 is 0 Å². The molecule has 0 amide bonds. The normalized spacial score (nSPS) is 24.8. The highest BCUT2D eigenvalue weighted by Crippen LogP contribution is 2.22. The van der Waals surface area contributed by atoms with Gasteiger partial charge in [0.1, 0.15) is 11.5 Å². The Morgan fingerprint density at radius 3 is 2.41 bits per heavy atom. The lowest BCUT2D eigenvalue weighted by Crippen LogP contribution is -2.58. The van der Waals surface area contributed by atoms with Gasteiger partial charge in [-0.1, -0.05) is 30.3 Å². The van der Waals surface area contributed by atoms with Crippen LogP contribution in [0.25, 0.3) is 0 Å². The Labute approximate surface area is 174 Å². The van der Waals surface area contributed by atoms with Gasteiger partial charge in [0.25, 0.3) is 0 Å². The minimum Gasteiger partial charge on any atom is -0.465 e. The highest BCUT2D eigenvalue weighted by molar-refractivity contribution is 5.18. The van der Waals surface area contributed by atoms with Crippen LogP contribution in [0.1, 0.15) is 29.1 Å². The van der Waals surface area contributed by atoms with Crippen LogP contribution in [-0.2, 0) is 13.0 Å². The number of nitrogens with zero attached hydrogens (tertiary/aromatic N) is 3. The summed E-state index contributed by atoms with van der Waals surface area (Å²) in [7, 11) is 0. The Balaban J connectivity index is 1.21. The Kier molecular flexibility index (Phi) is 6.70. The van der Waals surface area contributed by atoms with Gasteiger partial charge < -0.3 is 14.4 Å². The second-order valence-corrected chi connectivity index (χ2v) is 8.72. The van der Waals surface area contributed by atoms with E-state index in [1.807, 2.05) is 6.92 Å². The molecule has 2 aromatic rings. The van der Waals surface area contributed by atoms with Crippen LogP contribution in [0.2, 0.25) is 0 Å². The number of piperidine rings is 1. The van der Waals surface area contributed by atoms with Crippen molar-refractivity contribution in [3.8, 4) is 0 Å². The molecular formula is C24H35N3O2. The van der Waals surface area contributed by atoms with Crippen LogP contribution in [0.4, 0.5) is 0 Å². The zero-order valence-corrected chi connectivity index (χ0v) is 17.9. The van der Waals surface area contributed by atoms with Crippen LogP contribution in [0.5, 0.6) is 0 Å². The van der Waals surface area contributed by atoms with Crippen molar-refractivity contribution in [1.29, 1.82) is 0 Å². The summed E-state index contributed by atoms with van der Waals surface area (Å²) in [5.74, 6) is 2.01. The number of hydrogen-bond acceptors (Lipinski definition) is 5. The summed E-state index contributed by atoms with van der Waals surface area (Å²) in [5, 5.41) is 10.8. The lowest BCUT2D eigenvalue weighted by atomic mass is 9.99. The van der Waals surface area contributed by atoms with Crippen molar-refractivity contribution in [2.75, 3.05) is 45.8 Å². The molecule has 5 heteroatoms. The molecule has 0 aliphatic carbocycles. The largest absolute Gasteiger partial charge is 0.465 e. The SMILES string of the molecule is Cc1cc(CN2CC[C@H](N3CCN(CCc4ccccc4)CC3)[C@@H](O)C2)oc1C. The van der Waals surface area contributed by atoms with E-state index in [2.05, 4.69) is 58.0 Å². The first kappa shape index (κ1) is 20.6. The standard InChI is InChI=1S/C24H35N3O2/c1-19-16-22(29-20(19)2)17-26-11-9-23(24(28)18-26)27-14-12-25(13-15-27)10-8-21-6-4-3-5-7-21/h3-7,16,23-24,28H,8-15,17-18H2,1-2H3/t23-,24-/m0/s1. The van der Waals surface area contributed by atoms with E-state index in [4.69, 9.17) is 4.42 Å². The molecule has 0 bridgehead atoms. The van der Waals surface area contributed by atoms with Crippen LogP contribution in [0.15, 0.2) is 40.8 Å². The van der Waals surface area contributed by atoms with Gasteiger partial charge in [0.05, 0.1) is 12.6 Å². The molecule has 0 unspecified atom stereocenters. The molecule has 2 saturated heterocycles. The van der Waals surface area contributed by atoms with Gasteiger partial charge in [-0.15, -0.1) is 0 Å². The fourth-order valence-corrected chi connectivity index (χ4v) is 4.75. The zero-order chi connectivity index (χ0) is 20.2. The Morgan fingerprint density at radius 1 is 1.00 bits per heavy atom. The van der Waals surface area contributed by atoms with E-state index in [1.165, 1.54) is 11.1 Å². The fraction of sp³-hybridized carbons (Fsp3) is 0.583. The fourth-order valence-electron chi connectivity index (χ4n) is 4.75. The number of rotatable bonds is 6. The summed E-state index contributed by atoms with van der Waals surface area (Å²) in [5.41, 5.74) is 2.63. The molecule has 0 spiro atoms. The summed E-state index contributed by atoms with van der Waals surface area (Å²) < 4.78 is 5.82. The minimum atomic E-state index is -0.281. The van der Waals surface area contributed by atoms with Gasteiger partial charge in [-0.05, 0) is 43.9 Å². The van der Waals surface area contributed by atoms with Crippen LogP contribution >= 0.6 is 0 Å². The average Bonchev–Trinajstić information content (AvgIpc) is 3.05. The van der Waals surface area contributed by atoms with Crippen molar-refractivity contribution in [2.45, 2.75) is 45.4 Å². The number of β-amino-alcohol motifs (C(OH)–C–C–N with tert-alkyl or cyclic N) is 1. The molecule has 1 aromatic heterocycles. The molecule has 4 rings (SSSR count). The van der Waals surface area contributed by atoms with E-state index in [0.29, 0.717) is 6.04 Å². The maximum absolute atomic E-state index is 10.8. The number of aliphatic hydroxyl groups excluding tert-OH is 1. The predicted octanol–water partition coefficient (Wildman–Crippen LogP) is 2.69. The van der Waals surface area contributed by atoms with Gasteiger partial charge in [-0.3, -0.25) is 9.80 Å². The Hall–Kier alpha value is -1.66. The monoisotopic (exact) mass is 397 g/mol. The van der Waals surface area contributed by atoms with Gasteiger partial charge in [0, 0.05) is 51.9 Å². The van der Waals surface area contributed by atoms with Crippen molar-refractivity contribution in [1.82, 2.24) is 14.7 Å². The molecule has 158 valence electrons. The van der Waals surface area contributed by atoms with E-state index < -0.39 is 0 Å². The number of likely N-dealkylation sites (tertiary alicyclic amines) is 1. The van der Waals surface area contributed by atoms with E-state index in [-0.39, 0.29) is 6.10 Å². The van der Waals surface area contributed by atoms with Crippen LogP contribution in [0.3, 0.4) is 0 Å². The molecule has 1 N–H and O–H groups in total. The number of benzene rings is 1. The lowest BCUT2D eigenvalue weighted by molar-refractivity contribution is -0.0320. The Bertz CT molecular complexity index is 748. The molecule has 29 heavy (non-hydrogen) atoms. The first-order chi connectivity index (χ1) is 14.1. The Morgan fingerprint density at radius 2 is 1.76 bits per heavy atom. The third-order valence-corrected chi connectivity index (χ3v) is 6.66.